The Morgan fingerprint density at radius 3 is 2.79 bits per heavy atom. The molecule has 1 aromatic carbocycles. The maximum absolute atomic E-state index is 10.7. The lowest BCUT2D eigenvalue weighted by Gasteiger charge is -1.96. The van der Waals surface area contributed by atoms with Gasteiger partial charge < -0.3 is 0 Å². The van der Waals surface area contributed by atoms with Crippen molar-refractivity contribution in [2.45, 2.75) is 0 Å². The number of benzene rings is 1. The molecule has 0 bridgehead atoms. The Morgan fingerprint density at radius 1 is 1.36 bits per heavy atom. The van der Waals surface area contributed by atoms with Gasteiger partial charge in [0.05, 0.1) is 4.92 Å². The summed E-state index contributed by atoms with van der Waals surface area (Å²) < 4.78 is 1.66. The Kier molecular flexibility index (Phi) is 1.98. The molecule has 0 radical (unpaired) electrons. The van der Waals surface area contributed by atoms with Gasteiger partial charge in [-0.2, -0.15) is 4.57 Å². The van der Waals surface area contributed by atoms with Gasteiger partial charge in [0.15, 0.2) is 0 Å². The number of nitrogens with one attached hydrogen (secondary N) is 1. The van der Waals surface area contributed by atoms with Crippen molar-refractivity contribution in [1.82, 2.24) is 4.98 Å². The normalized spacial score (nSPS) is 10.0. The first-order chi connectivity index (χ1) is 6.79. The van der Waals surface area contributed by atoms with Crippen LogP contribution in [0.4, 0.5) is 5.69 Å². The summed E-state index contributed by atoms with van der Waals surface area (Å²) in [7, 11) is 0. The van der Waals surface area contributed by atoms with Crippen molar-refractivity contribution < 1.29 is 9.49 Å². The molecule has 0 spiro atoms. The minimum atomic E-state index is -0.394. The lowest BCUT2D eigenvalue weighted by molar-refractivity contribution is -0.599. The van der Waals surface area contributed by atoms with E-state index in [-0.39, 0.29) is 5.69 Å². The molecule has 0 aliphatic heterocycles. The molecule has 0 fully saturated rings. The molecule has 5 heteroatoms. The standard InChI is InChI=1S/C9H7N3O2/c13-12(14)9-4-2-1-3-8(9)11-6-5-10-7-11/h1-7H/p+1. The number of H-pyrrole nitrogens is 1. The van der Waals surface area contributed by atoms with E-state index in [4.69, 9.17) is 0 Å². The highest BCUT2D eigenvalue weighted by atomic mass is 16.6. The van der Waals surface area contributed by atoms with Gasteiger partial charge >= 0.3 is 5.69 Å². The molecule has 0 saturated carbocycles. The van der Waals surface area contributed by atoms with E-state index in [1.807, 2.05) is 0 Å². The van der Waals surface area contributed by atoms with Gasteiger partial charge in [0.1, 0.15) is 12.4 Å². The smallest absolute Gasteiger partial charge is 0.258 e. The number of nitro groups is 1. The Morgan fingerprint density at radius 2 is 2.14 bits per heavy atom. The predicted octanol–water partition coefficient (Wildman–Crippen LogP) is 1.20. The number of nitrogens with zero attached hydrogens (tertiary/aromatic N) is 2. The molecule has 0 aliphatic carbocycles. The summed E-state index contributed by atoms with van der Waals surface area (Å²) in [6.45, 7) is 0. The van der Waals surface area contributed by atoms with Crippen LogP contribution in [-0.4, -0.2) is 9.91 Å². The topological polar surface area (TPSA) is 62.8 Å². The molecule has 1 aromatic heterocycles. The predicted molar refractivity (Wildman–Crippen MR) is 49.0 cm³/mol. The summed E-state index contributed by atoms with van der Waals surface area (Å²) >= 11 is 0. The highest BCUT2D eigenvalue weighted by Crippen LogP contribution is 2.16. The summed E-state index contributed by atoms with van der Waals surface area (Å²) in [5, 5.41) is 10.7. The summed E-state index contributed by atoms with van der Waals surface area (Å²) in [5.74, 6) is 0. The SMILES string of the molecule is O=[N+]([O-])c1ccccc1-[n+]1cc[nH]c1. The number of imidazole rings is 1. The molecule has 0 amide bonds. The summed E-state index contributed by atoms with van der Waals surface area (Å²) in [6, 6.07) is 6.60. The Bertz CT molecular complexity index is 451. The van der Waals surface area contributed by atoms with Crippen LogP contribution in [0.2, 0.25) is 0 Å². The molecule has 0 unspecified atom stereocenters. The van der Waals surface area contributed by atoms with E-state index in [0.29, 0.717) is 5.69 Å². The second-order valence-corrected chi connectivity index (χ2v) is 2.76. The van der Waals surface area contributed by atoms with E-state index in [2.05, 4.69) is 4.98 Å². The molecule has 0 saturated heterocycles. The van der Waals surface area contributed by atoms with E-state index in [1.54, 1.807) is 41.5 Å². The van der Waals surface area contributed by atoms with Crippen molar-refractivity contribution in [2.75, 3.05) is 0 Å². The van der Waals surface area contributed by atoms with E-state index < -0.39 is 4.92 Å². The van der Waals surface area contributed by atoms with E-state index in [1.165, 1.54) is 6.07 Å². The monoisotopic (exact) mass is 190 g/mol. The maximum atomic E-state index is 10.7. The third-order valence-corrected chi connectivity index (χ3v) is 1.90. The van der Waals surface area contributed by atoms with Gasteiger partial charge in [0, 0.05) is 6.07 Å². The van der Waals surface area contributed by atoms with Gasteiger partial charge in [-0.25, -0.2) is 4.98 Å². The quantitative estimate of drug-likeness (QED) is 0.439. The van der Waals surface area contributed by atoms with Gasteiger partial charge in [-0.3, -0.25) is 10.1 Å². The van der Waals surface area contributed by atoms with Crippen molar-refractivity contribution >= 4 is 5.69 Å². The molecule has 1 heterocycles. The summed E-state index contributed by atoms with van der Waals surface area (Å²) in [5.41, 5.74) is 0.649. The van der Waals surface area contributed by atoms with Crippen LogP contribution < -0.4 is 4.57 Å². The number of rotatable bonds is 2. The fourth-order valence-electron chi connectivity index (χ4n) is 1.28. The van der Waals surface area contributed by atoms with E-state index >= 15 is 0 Å². The van der Waals surface area contributed by atoms with Crippen LogP contribution >= 0.6 is 0 Å². The molecule has 14 heavy (non-hydrogen) atoms. The molecular formula is C9H8N3O2+. The zero-order valence-corrected chi connectivity index (χ0v) is 7.25. The highest BCUT2D eigenvalue weighted by molar-refractivity contribution is 5.45. The van der Waals surface area contributed by atoms with Crippen LogP contribution in [0.25, 0.3) is 5.69 Å². The fourth-order valence-corrected chi connectivity index (χ4v) is 1.28. The minimum Gasteiger partial charge on any atom is -0.258 e. The summed E-state index contributed by atoms with van der Waals surface area (Å²) in [6.07, 6.45) is 5.08. The minimum absolute atomic E-state index is 0.0945. The van der Waals surface area contributed by atoms with Crippen molar-refractivity contribution in [1.29, 1.82) is 0 Å². The molecule has 2 rings (SSSR count). The Labute approximate surface area is 79.8 Å². The van der Waals surface area contributed by atoms with Crippen molar-refractivity contribution in [3.8, 4) is 5.69 Å². The summed E-state index contributed by atoms with van der Waals surface area (Å²) in [4.78, 5) is 13.1. The van der Waals surface area contributed by atoms with Gasteiger partial charge in [-0.05, 0) is 6.07 Å². The van der Waals surface area contributed by atoms with Crippen LogP contribution in [0.15, 0.2) is 43.0 Å². The van der Waals surface area contributed by atoms with Crippen LogP contribution in [0, 0.1) is 10.1 Å². The van der Waals surface area contributed by atoms with E-state index in [0.717, 1.165) is 0 Å². The molecule has 1 N–H and O–H groups in total. The van der Waals surface area contributed by atoms with Crippen LogP contribution in [-0.2, 0) is 0 Å². The van der Waals surface area contributed by atoms with Crippen LogP contribution in [0.1, 0.15) is 0 Å². The van der Waals surface area contributed by atoms with Crippen molar-refractivity contribution in [2.24, 2.45) is 0 Å². The van der Waals surface area contributed by atoms with Crippen LogP contribution in [0.5, 0.6) is 0 Å². The number of para-hydroxylation sites is 2. The highest BCUT2D eigenvalue weighted by Gasteiger charge is 2.17. The number of nitro benzene ring substituents is 1. The second kappa shape index (κ2) is 3.29. The average molecular weight is 190 g/mol. The maximum Gasteiger partial charge on any atom is 0.316 e. The first-order valence-electron chi connectivity index (χ1n) is 4.07. The first kappa shape index (κ1) is 8.43. The average Bonchev–Trinajstić information content (AvgIpc) is 2.70. The van der Waals surface area contributed by atoms with Crippen molar-refractivity contribution in [3.05, 3.63) is 53.1 Å². The third-order valence-electron chi connectivity index (χ3n) is 1.90. The molecule has 5 nitrogen and oxygen atoms in total. The number of aromatic nitrogens is 2. The second-order valence-electron chi connectivity index (χ2n) is 2.76. The molecule has 0 aliphatic rings. The first-order valence-corrected chi connectivity index (χ1v) is 4.07. The third kappa shape index (κ3) is 1.35. The number of aromatic amines is 1. The molecule has 70 valence electrons. The Hall–Kier alpha value is -2.17. The zero-order valence-electron chi connectivity index (χ0n) is 7.25. The Balaban J connectivity index is 2.58. The van der Waals surface area contributed by atoms with Gasteiger partial charge in [0.2, 0.25) is 12.0 Å². The number of hydrogen-bond donors (Lipinski definition) is 1. The van der Waals surface area contributed by atoms with Gasteiger partial charge in [-0.15, -0.1) is 0 Å². The van der Waals surface area contributed by atoms with Gasteiger partial charge in [0.25, 0.3) is 0 Å². The van der Waals surface area contributed by atoms with Crippen molar-refractivity contribution in [3.63, 3.8) is 0 Å². The molecule has 0 atom stereocenters. The van der Waals surface area contributed by atoms with Gasteiger partial charge in [-0.1, -0.05) is 12.1 Å². The van der Waals surface area contributed by atoms with Crippen LogP contribution in [0.3, 0.4) is 0 Å². The lowest BCUT2D eigenvalue weighted by Crippen LogP contribution is -2.27. The molecular weight excluding hydrogens is 182 g/mol. The number of hydrogen-bond acceptors (Lipinski definition) is 2. The van der Waals surface area contributed by atoms with E-state index in [9.17, 15) is 10.1 Å². The fraction of sp³-hybridized carbons (Fsp3) is 0. The largest absolute Gasteiger partial charge is 0.316 e. The zero-order chi connectivity index (χ0) is 9.97. The molecule has 2 aromatic rings. The lowest BCUT2D eigenvalue weighted by atomic mass is 10.2.